The van der Waals surface area contributed by atoms with Crippen LogP contribution in [-0.2, 0) is 6.54 Å². The van der Waals surface area contributed by atoms with Gasteiger partial charge < -0.3 is 10.3 Å². The molecule has 0 atom stereocenters. The van der Waals surface area contributed by atoms with E-state index in [-0.39, 0.29) is 0 Å². The van der Waals surface area contributed by atoms with Crippen molar-refractivity contribution in [1.82, 2.24) is 4.98 Å². The first kappa shape index (κ1) is 10.9. The predicted molar refractivity (Wildman–Crippen MR) is 68.5 cm³/mol. The van der Waals surface area contributed by atoms with Crippen molar-refractivity contribution in [2.24, 2.45) is 5.84 Å². The van der Waals surface area contributed by atoms with Crippen LogP contribution in [0.3, 0.4) is 0 Å². The number of hydrogen-bond donors (Lipinski definition) is 2. The fraction of sp³-hybridized carbons (Fsp3) is 0.182. The van der Waals surface area contributed by atoms with Crippen molar-refractivity contribution >= 4 is 22.8 Å². The first-order chi connectivity index (χ1) is 7.79. The highest BCUT2D eigenvalue weighted by Gasteiger charge is 2.03. The molecule has 0 fully saturated rings. The Bertz CT molecular complexity index is 441. The first-order valence-electron chi connectivity index (χ1n) is 4.94. The topological polar surface area (TPSA) is 54.2 Å². The third-order valence-electron chi connectivity index (χ3n) is 2.33. The van der Waals surface area contributed by atoms with Crippen molar-refractivity contribution in [1.29, 1.82) is 0 Å². The van der Waals surface area contributed by atoms with Crippen molar-refractivity contribution in [2.45, 2.75) is 6.54 Å². The summed E-state index contributed by atoms with van der Waals surface area (Å²) in [5, 5.41) is 4.24. The quantitative estimate of drug-likeness (QED) is 0.628. The summed E-state index contributed by atoms with van der Waals surface area (Å²) in [6, 6.07) is 6.02. The second kappa shape index (κ2) is 4.96. The number of rotatable bonds is 4. The molecule has 0 saturated heterocycles. The summed E-state index contributed by atoms with van der Waals surface area (Å²) >= 11 is 1.71. The summed E-state index contributed by atoms with van der Waals surface area (Å²) in [6.45, 7) is 0.886. The average molecular weight is 234 g/mol. The molecular weight excluding hydrogens is 220 g/mol. The van der Waals surface area contributed by atoms with Crippen molar-refractivity contribution < 1.29 is 0 Å². The van der Waals surface area contributed by atoms with Crippen LogP contribution in [0.15, 0.2) is 35.2 Å². The van der Waals surface area contributed by atoms with Crippen LogP contribution in [0.25, 0.3) is 0 Å². The molecule has 2 aromatic rings. The number of nitrogen functional groups attached to an aromatic ring is 1. The van der Waals surface area contributed by atoms with Crippen molar-refractivity contribution in [3.8, 4) is 0 Å². The third-order valence-corrected chi connectivity index (χ3v) is 3.06. The van der Waals surface area contributed by atoms with Crippen molar-refractivity contribution in [3.05, 3.63) is 40.7 Å². The molecule has 0 saturated carbocycles. The van der Waals surface area contributed by atoms with Crippen LogP contribution in [0, 0.1) is 0 Å². The Kier molecular flexibility index (Phi) is 3.38. The molecule has 0 aliphatic rings. The number of hydrogen-bond acceptors (Lipinski definition) is 5. The van der Waals surface area contributed by atoms with Gasteiger partial charge in [-0.15, -0.1) is 0 Å². The summed E-state index contributed by atoms with van der Waals surface area (Å²) in [5.41, 5.74) is 4.95. The van der Waals surface area contributed by atoms with Gasteiger partial charge in [-0.25, -0.2) is 10.8 Å². The van der Waals surface area contributed by atoms with Crippen LogP contribution >= 0.6 is 11.3 Å². The minimum absolute atomic E-state index is 0.676. The Morgan fingerprint density at radius 3 is 3.06 bits per heavy atom. The standard InChI is InChI=1S/C11H14N4S/c1-15(7-9-3-5-16-8-9)10-2-4-13-11(6-10)14-12/h2-6,8H,7,12H2,1H3,(H,13,14). The molecule has 4 nitrogen and oxygen atoms in total. The van der Waals surface area contributed by atoms with Gasteiger partial charge in [0.25, 0.3) is 0 Å². The molecule has 84 valence electrons. The molecule has 0 amide bonds. The van der Waals surface area contributed by atoms with Gasteiger partial charge in [0.1, 0.15) is 5.82 Å². The van der Waals surface area contributed by atoms with Crippen LogP contribution in [0.4, 0.5) is 11.5 Å². The van der Waals surface area contributed by atoms with E-state index in [2.05, 4.69) is 32.1 Å². The SMILES string of the molecule is CN(Cc1ccsc1)c1ccnc(NN)c1. The molecule has 2 rings (SSSR count). The summed E-state index contributed by atoms with van der Waals surface area (Å²) in [4.78, 5) is 6.23. The predicted octanol–water partition coefficient (Wildman–Crippen LogP) is 2.07. The second-order valence-corrected chi connectivity index (χ2v) is 4.31. The molecule has 0 aliphatic heterocycles. The molecule has 16 heavy (non-hydrogen) atoms. The summed E-state index contributed by atoms with van der Waals surface area (Å²) < 4.78 is 0. The Hall–Kier alpha value is -1.59. The normalized spacial score (nSPS) is 10.1. The molecule has 3 N–H and O–H groups in total. The lowest BCUT2D eigenvalue weighted by Crippen LogP contribution is -2.17. The fourth-order valence-electron chi connectivity index (χ4n) is 1.48. The number of hydrazine groups is 1. The number of aromatic nitrogens is 1. The zero-order valence-corrected chi connectivity index (χ0v) is 9.87. The van der Waals surface area contributed by atoms with Crippen molar-refractivity contribution in [2.75, 3.05) is 17.4 Å². The highest BCUT2D eigenvalue weighted by molar-refractivity contribution is 7.07. The Morgan fingerprint density at radius 1 is 1.50 bits per heavy atom. The Morgan fingerprint density at radius 2 is 2.38 bits per heavy atom. The zero-order chi connectivity index (χ0) is 11.4. The zero-order valence-electron chi connectivity index (χ0n) is 9.05. The molecule has 0 radical (unpaired) electrons. The van der Waals surface area contributed by atoms with Gasteiger partial charge in [0.2, 0.25) is 0 Å². The van der Waals surface area contributed by atoms with Gasteiger partial charge >= 0.3 is 0 Å². The van der Waals surface area contributed by atoms with Crippen LogP contribution in [0.5, 0.6) is 0 Å². The lowest BCUT2D eigenvalue weighted by atomic mass is 10.3. The molecule has 0 spiro atoms. The van der Waals surface area contributed by atoms with E-state index < -0.39 is 0 Å². The van der Waals surface area contributed by atoms with Gasteiger partial charge in [-0.05, 0) is 28.5 Å². The monoisotopic (exact) mass is 234 g/mol. The minimum atomic E-state index is 0.676. The highest BCUT2D eigenvalue weighted by atomic mass is 32.1. The number of nitrogens with one attached hydrogen (secondary N) is 1. The van der Waals surface area contributed by atoms with E-state index in [0.29, 0.717) is 5.82 Å². The summed E-state index contributed by atoms with van der Waals surface area (Å²) in [6.07, 6.45) is 1.74. The maximum Gasteiger partial charge on any atom is 0.141 e. The summed E-state index contributed by atoms with van der Waals surface area (Å²) in [5.74, 6) is 6.00. The van der Waals surface area contributed by atoms with Gasteiger partial charge in [-0.3, -0.25) is 0 Å². The van der Waals surface area contributed by atoms with E-state index in [4.69, 9.17) is 5.84 Å². The van der Waals surface area contributed by atoms with E-state index in [1.54, 1.807) is 17.5 Å². The van der Waals surface area contributed by atoms with Crippen molar-refractivity contribution in [3.63, 3.8) is 0 Å². The summed E-state index contributed by atoms with van der Waals surface area (Å²) in [7, 11) is 2.05. The molecule has 0 aromatic carbocycles. The van der Waals surface area contributed by atoms with E-state index >= 15 is 0 Å². The molecule has 5 heteroatoms. The van der Waals surface area contributed by atoms with Crippen LogP contribution in [0.2, 0.25) is 0 Å². The lowest BCUT2D eigenvalue weighted by molar-refractivity contribution is 0.925. The van der Waals surface area contributed by atoms with Gasteiger partial charge in [-0.2, -0.15) is 11.3 Å². The molecule has 2 heterocycles. The number of thiophene rings is 1. The van der Waals surface area contributed by atoms with E-state index in [1.165, 1.54) is 5.56 Å². The van der Waals surface area contributed by atoms with Gasteiger partial charge in [0.15, 0.2) is 0 Å². The highest BCUT2D eigenvalue weighted by Crippen LogP contribution is 2.18. The minimum Gasteiger partial charge on any atom is -0.370 e. The maximum absolute atomic E-state index is 5.33. The Balaban J connectivity index is 2.11. The Labute approximate surface area is 98.7 Å². The van der Waals surface area contributed by atoms with Crippen LogP contribution in [0.1, 0.15) is 5.56 Å². The van der Waals surface area contributed by atoms with E-state index in [1.807, 2.05) is 19.2 Å². The van der Waals surface area contributed by atoms with Gasteiger partial charge in [0.05, 0.1) is 0 Å². The average Bonchev–Trinajstić information content (AvgIpc) is 2.82. The smallest absolute Gasteiger partial charge is 0.141 e. The lowest BCUT2D eigenvalue weighted by Gasteiger charge is -2.18. The molecule has 0 bridgehead atoms. The third kappa shape index (κ3) is 2.50. The molecule has 0 unspecified atom stereocenters. The molecule has 0 aliphatic carbocycles. The number of nitrogens with zero attached hydrogens (tertiary/aromatic N) is 2. The van der Waals surface area contributed by atoms with Crippen LogP contribution < -0.4 is 16.2 Å². The molecule has 2 aromatic heterocycles. The largest absolute Gasteiger partial charge is 0.370 e. The van der Waals surface area contributed by atoms with Gasteiger partial charge in [-0.1, -0.05) is 0 Å². The number of anilines is 2. The maximum atomic E-state index is 5.33. The second-order valence-electron chi connectivity index (χ2n) is 3.53. The first-order valence-corrected chi connectivity index (χ1v) is 5.89. The van der Waals surface area contributed by atoms with E-state index in [9.17, 15) is 0 Å². The number of pyridine rings is 1. The van der Waals surface area contributed by atoms with Gasteiger partial charge in [0, 0.05) is 31.5 Å². The number of nitrogens with two attached hydrogens (primary N) is 1. The molecular formula is C11H14N4S. The van der Waals surface area contributed by atoms with E-state index in [0.717, 1.165) is 12.2 Å². The van der Waals surface area contributed by atoms with Crippen LogP contribution in [-0.4, -0.2) is 12.0 Å². The fourth-order valence-corrected chi connectivity index (χ4v) is 2.14.